The molecule has 0 aromatic carbocycles. The van der Waals surface area contributed by atoms with Crippen LogP contribution in [-0.4, -0.2) is 5.78 Å². The van der Waals surface area contributed by atoms with E-state index < -0.39 is 0 Å². The van der Waals surface area contributed by atoms with Gasteiger partial charge in [0.15, 0.2) is 0 Å². The van der Waals surface area contributed by atoms with Crippen LogP contribution < -0.4 is 0 Å². The van der Waals surface area contributed by atoms with E-state index in [0.717, 1.165) is 12.8 Å². The van der Waals surface area contributed by atoms with Crippen molar-refractivity contribution < 1.29 is 4.79 Å². The van der Waals surface area contributed by atoms with Crippen molar-refractivity contribution in [1.82, 2.24) is 0 Å². The molecule has 0 heterocycles. The predicted molar refractivity (Wildman–Crippen MR) is 35.0 cm³/mol. The van der Waals surface area contributed by atoms with Gasteiger partial charge in [0, 0.05) is 12.3 Å². The number of hydrogen-bond donors (Lipinski definition) is 0. The topological polar surface area (TPSA) is 17.1 Å². The highest BCUT2D eigenvalue weighted by Crippen LogP contribution is 2.32. The molecule has 2 bridgehead atoms. The molecule has 1 unspecified atom stereocenters. The molecule has 0 amide bonds. The lowest BCUT2D eigenvalue weighted by Crippen LogP contribution is -2.26. The minimum absolute atomic E-state index is 0.301. The van der Waals surface area contributed by atoms with Gasteiger partial charge >= 0.3 is 0 Å². The van der Waals surface area contributed by atoms with Gasteiger partial charge in [0.1, 0.15) is 5.78 Å². The summed E-state index contributed by atoms with van der Waals surface area (Å²) in [5.74, 6) is 1.37. The van der Waals surface area contributed by atoms with Gasteiger partial charge in [-0.25, -0.2) is 0 Å². The van der Waals surface area contributed by atoms with E-state index in [0.29, 0.717) is 17.6 Å². The maximum Gasteiger partial charge on any atom is 0.140 e. The lowest BCUT2D eigenvalue weighted by Gasteiger charge is -2.28. The molecule has 1 saturated carbocycles. The first-order valence-electron chi connectivity index (χ1n) is 3.57. The third-order valence-corrected chi connectivity index (χ3v) is 2.34. The Kier molecular flexibility index (Phi) is 0.981. The largest absolute Gasteiger partial charge is 0.299 e. The summed E-state index contributed by atoms with van der Waals surface area (Å²) in [5.41, 5.74) is 0. The van der Waals surface area contributed by atoms with E-state index in [-0.39, 0.29) is 0 Å². The molecule has 48 valence electrons. The summed E-state index contributed by atoms with van der Waals surface area (Å²) in [5, 5.41) is 0. The summed E-state index contributed by atoms with van der Waals surface area (Å²) < 4.78 is 0. The number of ketones is 1. The minimum atomic E-state index is 0.301. The van der Waals surface area contributed by atoms with Crippen molar-refractivity contribution in [3.05, 3.63) is 12.2 Å². The van der Waals surface area contributed by atoms with Gasteiger partial charge < -0.3 is 0 Å². The number of rotatable bonds is 0. The van der Waals surface area contributed by atoms with E-state index in [1.165, 1.54) is 6.42 Å². The van der Waals surface area contributed by atoms with Crippen molar-refractivity contribution in [1.29, 1.82) is 0 Å². The van der Waals surface area contributed by atoms with E-state index in [4.69, 9.17) is 0 Å². The molecule has 0 aliphatic heterocycles. The lowest BCUT2D eigenvalue weighted by molar-refractivity contribution is -0.124. The van der Waals surface area contributed by atoms with E-state index in [1.54, 1.807) is 0 Å². The van der Waals surface area contributed by atoms with Crippen LogP contribution in [0.3, 0.4) is 0 Å². The van der Waals surface area contributed by atoms with Crippen LogP contribution in [0, 0.1) is 11.8 Å². The highest BCUT2D eigenvalue weighted by Gasteiger charge is 2.29. The van der Waals surface area contributed by atoms with Gasteiger partial charge in [-0.1, -0.05) is 12.2 Å². The van der Waals surface area contributed by atoms with E-state index >= 15 is 0 Å². The second kappa shape index (κ2) is 1.69. The molecule has 2 atom stereocenters. The van der Waals surface area contributed by atoms with Gasteiger partial charge in [-0.3, -0.25) is 4.79 Å². The highest BCUT2D eigenvalue weighted by molar-refractivity contribution is 5.84. The fourth-order valence-corrected chi connectivity index (χ4v) is 1.73. The average Bonchev–Trinajstić information content (AvgIpc) is 1.90. The molecule has 0 spiro atoms. The Bertz CT molecular complexity index is 169. The number of carbonyl (C=O) groups is 1. The maximum atomic E-state index is 11.0. The normalized spacial score (nSPS) is 39.8. The zero-order valence-corrected chi connectivity index (χ0v) is 5.34. The molecular weight excluding hydrogens is 112 g/mol. The molecule has 0 aromatic heterocycles. The van der Waals surface area contributed by atoms with E-state index in [2.05, 4.69) is 12.2 Å². The zero-order chi connectivity index (χ0) is 6.27. The Morgan fingerprint density at radius 1 is 1.33 bits per heavy atom. The van der Waals surface area contributed by atoms with Crippen LogP contribution in [0.25, 0.3) is 0 Å². The SMILES string of the molecule is O=C1C[C@@H]2C=CC1CC2. The van der Waals surface area contributed by atoms with Crippen molar-refractivity contribution in [3.8, 4) is 0 Å². The van der Waals surface area contributed by atoms with Crippen LogP contribution in [0.1, 0.15) is 19.3 Å². The molecule has 1 heteroatoms. The molecule has 3 aliphatic carbocycles. The Morgan fingerprint density at radius 2 is 2.22 bits per heavy atom. The standard InChI is InChI=1S/C8H10O/c9-8-5-6-1-3-7(8)4-2-6/h1,3,6-7H,2,4-5H2/t6-,7?/m1/s1. The number of Topliss-reactive ketones (excluding diaryl/α,β-unsaturated/α-hetero) is 1. The Balaban J connectivity index is 2.29. The van der Waals surface area contributed by atoms with Crippen LogP contribution in [0.2, 0.25) is 0 Å². The fraction of sp³-hybridized carbons (Fsp3) is 0.625. The second-order valence-corrected chi connectivity index (χ2v) is 3.00. The molecule has 3 rings (SSSR count). The van der Waals surface area contributed by atoms with Crippen LogP contribution >= 0.6 is 0 Å². The molecule has 1 nitrogen and oxygen atoms in total. The van der Waals surface area contributed by atoms with Crippen molar-refractivity contribution in [3.63, 3.8) is 0 Å². The van der Waals surface area contributed by atoms with Gasteiger partial charge in [0.2, 0.25) is 0 Å². The van der Waals surface area contributed by atoms with Crippen LogP contribution in [0.15, 0.2) is 12.2 Å². The van der Waals surface area contributed by atoms with Crippen LogP contribution in [-0.2, 0) is 4.79 Å². The Labute approximate surface area is 54.8 Å². The van der Waals surface area contributed by atoms with Crippen LogP contribution in [0.4, 0.5) is 0 Å². The molecule has 9 heavy (non-hydrogen) atoms. The first-order valence-corrected chi connectivity index (χ1v) is 3.57. The summed E-state index contributed by atoms with van der Waals surface area (Å²) in [6, 6.07) is 0. The van der Waals surface area contributed by atoms with Crippen molar-refractivity contribution >= 4 is 5.78 Å². The minimum Gasteiger partial charge on any atom is -0.299 e. The second-order valence-electron chi connectivity index (χ2n) is 3.00. The Morgan fingerprint density at radius 3 is 2.44 bits per heavy atom. The molecular formula is C8H10O. The van der Waals surface area contributed by atoms with Crippen molar-refractivity contribution in [2.24, 2.45) is 11.8 Å². The van der Waals surface area contributed by atoms with Gasteiger partial charge in [0.25, 0.3) is 0 Å². The van der Waals surface area contributed by atoms with Crippen molar-refractivity contribution in [2.45, 2.75) is 19.3 Å². The molecule has 3 aliphatic rings. The van der Waals surface area contributed by atoms with Gasteiger partial charge in [-0.2, -0.15) is 0 Å². The fourth-order valence-electron chi connectivity index (χ4n) is 1.73. The van der Waals surface area contributed by atoms with E-state index in [1.807, 2.05) is 0 Å². The molecule has 1 fully saturated rings. The van der Waals surface area contributed by atoms with E-state index in [9.17, 15) is 4.79 Å². The summed E-state index contributed by atoms with van der Waals surface area (Å²) in [4.78, 5) is 11.0. The van der Waals surface area contributed by atoms with Gasteiger partial charge in [0.05, 0.1) is 0 Å². The summed E-state index contributed by atoms with van der Waals surface area (Å²) in [6.45, 7) is 0. The van der Waals surface area contributed by atoms with Crippen LogP contribution in [0.5, 0.6) is 0 Å². The van der Waals surface area contributed by atoms with Gasteiger partial charge in [-0.05, 0) is 18.8 Å². The lowest BCUT2D eigenvalue weighted by atomic mass is 9.75. The smallest absolute Gasteiger partial charge is 0.140 e. The predicted octanol–water partition coefficient (Wildman–Crippen LogP) is 1.54. The number of hydrogen-bond acceptors (Lipinski definition) is 1. The molecule has 0 radical (unpaired) electrons. The first kappa shape index (κ1) is 5.21. The summed E-state index contributed by atoms with van der Waals surface area (Å²) >= 11 is 0. The quantitative estimate of drug-likeness (QED) is 0.445. The molecule has 0 N–H and O–H groups in total. The molecule has 0 aromatic rings. The third-order valence-electron chi connectivity index (χ3n) is 2.34. The number of carbonyl (C=O) groups excluding carboxylic acids is 1. The number of allylic oxidation sites excluding steroid dienone is 2. The van der Waals surface area contributed by atoms with Crippen molar-refractivity contribution in [2.75, 3.05) is 0 Å². The highest BCUT2D eigenvalue weighted by atomic mass is 16.1. The summed E-state index contributed by atoms with van der Waals surface area (Å²) in [6.07, 6.45) is 7.46. The third kappa shape index (κ3) is 0.716. The monoisotopic (exact) mass is 122 g/mol. The molecule has 0 saturated heterocycles. The average molecular weight is 122 g/mol. The zero-order valence-electron chi connectivity index (χ0n) is 5.34. The maximum absolute atomic E-state index is 11.0. The number of fused-ring (bicyclic) bond motifs is 2. The summed E-state index contributed by atoms with van der Waals surface area (Å²) in [7, 11) is 0. The first-order chi connectivity index (χ1) is 4.36. The van der Waals surface area contributed by atoms with Gasteiger partial charge in [-0.15, -0.1) is 0 Å². The Hall–Kier alpha value is -0.590.